The van der Waals surface area contributed by atoms with Gasteiger partial charge in [0, 0.05) is 30.7 Å². The Morgan fingerprint density at radius 1 is 1.19 bits per heavy atom. The van der Waals surface area contributed by atoms with Gasteiger partial charge in [0.05, 0.1) is 18.5 Å². The van der Waals surface area contributed by atoms with E-state index < -0.39 is 0 Å². The second-order valence-corrected chi connectivity index (χ2v) is 5.83. The molecule has 0 radical (unpaired) electrons. The lowest BCUT2D eigenvalue weighted by Gasteiger charge is -2.12. The van der Waals surface area contributed by atoms with Crippen LogP contribution in [0.4, 0.5) is 5.69 Å². The molecule has 4 aromatic heterocycles. The fourth-order valence-corrected chi connectivity index (χ4v) is 2.75. The van der Waals surface area contributed by atoms with E-state index in [9.17, 15) is 0 Å². The summed E-state index contributed by atoms with van der Waals surface area (Å²) in [7, 11) is 1.59. The Bertz CT molecular complexity index is 1030. The molecular formula is C19H18N6O2. The summed E-state index contributed by atoms with van der Waals surface area (Å²) in [6, 6.07) is 9.51. The highest BCUT2D eigenvalue weighted by molar-refractivity contribution is 5.61. The molecule has 0 aliphatic carbocycles. The van der Waals surface area contributed by atoms with E-state index >= 15 is 0 Å². The van der Waals surface area contributed by atoms with Gasteiger partial charge in [-0.3, -0.25) is 9.55 Å². The summed E-state index contributed by atoms with van der Waals surface area (Å²) < 4.78 is 12.6. The van der Waals surface area contributed by atoms with Gasteiger partial charge in [0.1, 0.15) is 23.6 Å². The van der Waals surface area contributed by atoms with Crippen molar-refractivity contribution < 1.29 is 9.26 Å². The molecule has 0 aliphatic rings. The molecule has 0 amide bonds. The molecule has 27 heavy (non-hydrogen) atoms. The van der Waals surface area contributed by atoms with Crippen LogP contribution in [0.5, 0.6) is 5.88 Å². The van der Waals surface area contributed by atoms with Gasteiger partial charge >= 0.3 is 0 Å². The number of ether oxygens (including phenoxy) is 1. The van der Waals surface area contributed by atoms with Crippen LogP contribution in [-0.2, 0) is 6.54 Å². The summed E-state index contributed by atoms with van der Waals surface area (Å²) in [5.41, 5.74) is 3.21. The van der Waals surface area contributed by atoms with Gasteiger partial charge in [0.25, 0.3) is 0 Å². The van der Waals surface area contributed by atoms with Gasteiger partial charge in [-0.05, 0) is 31.2 Å². The van der Waals surface area contributed by atoms with E-state index in [4.69, 9.17) is 9.26 Å². The first kappa shape index (κ1) is 16.8. The molecule has 0 bridgehead atoms. The zero-order valence-corrected chi connectivity index (χ0v) is 15.0. The second-order valence-electron chi connectivity index (χ2n) is 5.83. The lowest BCUT2D eigenvalue weighted by Crippen LogP contribution is -2.06. The maximum Gasteiger partial charge on any atom is 0.239 e. The van der Waals surface area contributed by atoms with Crippen molar-refractivity contribution >= 4 is 5.69 Å². The average molecular weight is 362 g/mol. The number of imidazole rings is 1. The third-order valence-electron chi connectivity index (χ3n) is 4.16. The van der Waals surface area contributed by atoms with Crippen molar-refractivity contribution in [1.29, 1.82) is 0 Å². The number of methoxy groups -OCH3 is 1. The van der Waals surface area contributed by atoms with Gasteiger partial charge in [-0.15, -0.1) is 0 Å². The molecule has 0 fully saturated rings. The quantitative estimate of drug-likeness (QED) is 0.563. The van der Waals surface area contributed by atoms with Crippen molar-refractivity contribution in [2.75, 3.05) is 12.4 Å². The number of hydrogen-bond acceptors (Lipinski definition) is 7. The highest BCUT2D eigenvalue weighted by Crippen LogP contribution is 2.27. The lowest BCUT2D eigenvalue weighted by molar-refractivity contribution is 0.397. The topological polar surface area (TPSA) is 90.9 Å². The van der Waals surface area contributed by atoms with Crippen molar-refractivity contribution in [3.8, 4) is 23.1 Å². The molecule has 0 aromatic carbocycles. The Labute approximate surface area is 155 Å². The summed E-state index contributed by atoms with van der Waals surface area (Å²) >= 11 is 0. The molecule has 0 saturated heterocycles. The lowest BCUT2D eigenvalue weighted by atomic mass is 10.1. The molecular weight excluding hydrogens is 344 g/mol. The Balaban J connectivity index is 1.59. The zero-order chi connectivity index (χ0) is 18.6. The SMILES string of the molecule is COc1nc(-n2ccnc2)ccc1NCc1c(-c2ccccn2)noc1C. The van der Waals surface area contributed by atoms with Crippen LogP contribution >= 0.6 is 0 Å². The van der Waals surface area contributed by atoms with Crippen LogP contribution in [0.2, 0.25) is 0 Å². The first-order chi connectivity index (χ1) is 13.3. The monoisotopic (exact) mass is 362 g/mol. The second kappa shape index (κ2) is 7.28. The molecule has 1 N–H and O–H groups in total. The Kier molecular flexibility index (Phi) is 4.52. The minimum atomic E-state index is 0.495. The number of nitrogens with zero attached hydrogens (tertiary/aromatic N) is 5. The third kappa shape index (κ3) is 3.37. The summed E-state index contributed by atoms with van der Waals surface area (Å²) in [6.07, 6.45) is 6.95. The van der Waals surface area contributed by atoms with Crippen molar-refractivity contribution in [3.05, 3.63) is 66.6 Å². The van der Waals surface area contributed by atoms with Crippen LogP contribution in [-0.4, -0.2) is 31.8 Å². The van der Waals surface area contributed by atoms with E-state index in [2.05, 4.69) is 25.4 Å². The summed E-state index contributed by atoms with van der Waals surface area (Å²) in [4.78, 5) is 12.9. The molecule has 4 heterocycles. The molecule has 4 aromatic rings. The Morgan fingerprint density at radius 2 is 2.11 bits per heavy atom. The van der Waals surface area contributed by atoms with Crippen molar-refractivity contribution in [2.24, 2.45) is 0 Å². The van der Waals surface area contributed by atoms with E-state index in [1.54, 1.807) is 25.8 Å². The maximum absolute atomic E-state index is 5.44. The standard InChI is InChI=1S/C19H18N6O2/c1-13-14(18(24-27-13)15-5-3-4-8-21-15)11-22-16-6-7-17(23-19(16)26-2)25-10-9-20-12-25/h3-10,12,22H,11H2,1-2H3. The molecule has 8 nitrogen and oxygen atoms in total. The van der Waals surface area contributed by atoms with Crippen LogP contribution in [0.25, 0.3) is 17.2 Å². The Hall–Kier alpha value is -3.68. The highest BCUT2D eigenvalue weighted by atomic mass is 16.5. The fourth-order valence-electron chi connectivity index (χ4n) is 2.75. The van der Waals surface area contributed by atoms with E-state index in [0.29, 0.717) is 12.4 Å². The minimum absolute atomic E-state index is 0.495. The van der Waals surface area contributed by atoms with E-state index in [-0.39, 0.29) is 0 Å². The molecule has 0 aliphatic heterocycles. The largest absolute Gasteiger partial charge is 0.479 e. The molecule has 0 atom stereocenters. The van der Waals surface area contributed by atoms with Gasteiger partial charge in [-0.1, -0.05) is 11.2 Å². The van der Waals surface area contributed by atoms with Gasteiger partial charge in [-0.2, -0.15) is 4.98 Å². The molecule has 0 saturated carbocycles. The molecule has 0 spiro atoms. The van der Waals surface area contributed by atoms with Gasteiger partial charge in [-0.25, -0.2) is 4.98 Å². The first-order valence-corrected chi connectivity index (χ1v) is 8.40. The predicted octanol–water partition coefficient (Wildman–Crippen LogP) is 3.25. The van der Waals surface area contributed by atoms with Gasteiger partial charge < -0.3 is 14.6 Å². The number of aromatic nitrogens is 5. The fraction of sp³-hybridized carbons (Fsp3) is 0.158. The van der Waals surface area contributed by atoms with Crippen molar-refractivity contribution in [2.45, 2.75) is 13.5 Å². The zero-order valence-electron chi connectivity index (χ0n) is 15.0. The van der Waals surface area contributed by atoms with Crippen molar-refractivity contribution in [3.63, 3.8) is 0 Å². The van der Waals surface area contributed by atoms with Crippen LogP contribution < -0.4 is 10.1 Å². The van der Waals surface area contributed by atoms with E-state index in [0.717, 1.165) is 34.2 Å². The molecule has 4 rings (SSSR count). The van der Waals surface area contributed by atoms with Crippen LogP contribution in [0.1, 0.15) is 11.3 Å². The Morgan fingerprint density at radius 3 is 2.85 bits per heavy atom. The molecule has 8 heteroatoms. The number of aryl methyl sites for hydroxylation is 1. The number of hydrogen-bond donors (Lipinski definition) is 1. The van der Waals surface area contributed by atoms with Crippen LogP contribution in [0.3, 0.4) is 0 Å². The minimum Gasteiger partial charge on any atom is -0.479 e. The average Bonchev–Trinajstić information content (AvgIpc) is 3.37. The van der Waals surface area contributed by atoms with E-state index in [1.165, 1.54) is 0 Å². The molecule has 136 valence electrons. The van der Waals surface area contributed by atoms with E-state index in [1.807, 2.05) is 48.0 Å². The highest BCUT2D eigenvalue weighted by Gasteiger charge is 2.16. The summed E-state index contributed by atoms with van der Waals surface area (Å²) in [5.74, 6) is 1.96. The summed E-state index contributed by atoms with van der Waals surface area (Å²) in [5, 5.41) is 7.50. The smallest absolute Gasteiger partial charge is 0.239 e. The van der Waals surface area contributed by atoms with Gasteiger partial charge in [0.2, 0.25) is 5.88 Å². The number of anilines is 1. The number of pyridine rings is 2. The molecule has 0 unspecified atom stereocenters. The van der Waals surface area contributed by atoms with Gasteiger partial charge in [0.15, 0.2) is 0 Å². The van der Waals surface area contributed by atoms with Crippen molar-refractivity contribution in [1.82, 2.24) is 24.7 Å². The van der Waals surface area contributed by atoms with Crippen LogP contribution in [0.15, 0.2) is 59.8 Å². The third-order valence-corrected chi connectivity index (χ3v) is 4.16. The number of rotatable bonds is 6. The summed E-state index contributed by atoms with van der Waals surface area (Å²) in [6.45, 7) is 2.39. The maximum atomic E-state index is 5.44. The predicted molar refractivity (Wildman–Crippen MR) is 99.7 cm³/mol. The first-order valence-electron chi connectivity index (χ1n) is 8.40. The normalized spacial score (nSPS) is 10.7. The number of nitrogens with one attached hydrogen (secondary N) is 1. The van der Waals surface area contributed by atoms with Crippen LogP contribution in [0, 0.1) is 6.92 Å².